The molecular formula is C21H27N5O2. The van der Waals surface area contributed by atoms with Gasteiger partial charge in [0.15, 0.2) is 0 Å². The van der Waals surface area contributed by atoms with Gasteiger partial charge in [0.1, 0.15) is 24.0 Å². The maximum Gasteiger partial charge on any atom is 0.249 e. The highest BCUT2D eigenvalue weighted by Gasteiger charge is 2.33. The number of aromatic nitrogens is 2. The molecule has 2 aromatic rings. The van der Waals surface area contributed by atoms with E-state index in [0.717, 1.165) is 43.9 Å². The van der Waals surface area contributed by atoms with Crippen LogP contribution in [0.25, 0.3) is 0 Å². The van der Waals surface area contributed by atoms with Crippen LogP contribution in [0.1, 0.15) is 24.8 Å². The number of amides is 1. The number of rotatable bonds is 5. The third-order valence-corrected chi connectivity index (χ3v) is 5.63. The Balaban J connectivity index is 1.43. The normalized spacial score (nSPS) is 22.6. The Kier molecular flexibility index (Phi) is 5.43. The van der Waals surface area contributed by atoms with Gasteiger partial charge in [-0.3, -0.25) is 4.79 Å². The number of aliphatic hydroxyl groups excluding tert-OH is 1. The number of anilines is 3. The van der Waals surface area contributed by atoms with Crippen LogP contribution in [0.5, 0.6) is 0 Å². The third-order valence-electron chi connectivity index (χ3n) is 5.63. The van der Waals surface area contributed by atoms with Gasteiger partial charge in [0.2, 0.25) is 5.91 Å². The first-order valence-electron chi connectivity index (χ1n) is 9.96. The van der Waals surface area contributed by atoms with Gasteiger partial charge in [-0.05, 0) is 44.2 Å². The lowest BCUT2D eigenvalue weighted by Gasteiger charge is -2.32. The molecule has 2 aliphatic heterocycles. The molecule has 7 nitrogen and oxygen atoms in total. The number of hydrogen-bond acceptors (Lipinski definition) is 6. The first-order valence-corrected chi connectivity index (χ1v) is 9.96. The number of aliphatic hydroxyl groups is 1. The van der Waals surface area contributed by atoms with E-state index in [1.807, 2.05) is 42.2 Å². The highest BCUT2D eigenvalue weighted by molar-refractivity contribution is 6.00. The van der Waals surface area contributed by atoms with E-state index >= 15 is 0 Å². The van der Waals surface area contributed by atoms with E-state index in [9.17, 15) is 9.90 Å². The predicted octanol–water partition coefficient (Wildman–Crippen LogP) is 2.21. The molecule has 1 amide bonds. The maximum atomic E-state index is 12.8. The van der Waals surface area contributed by atoms with Crippen molar-refractivity contribution in [2.45, 2.75) is 32.2 Å². The molecule has 7 heteroatoms. The second-order valence-electron chi connectivity index (χ2n) is 7.71. The minimum absolute atomic E-state index is 0.0716. The standard InChI is InChI=1S/C21H27N5O2/c1-15-4-6-17(7-5-15)26-10-8-18(21(26)28)24-19-11-20(23-14-22-19)25-9-2-3-16(12-25)13-27/h4-7,11,14,16,18,27H,2-3,8-10,12-13H2,1H3,(H,22,23,24). The van der Waals surface area contributed by atoms with E-state index in [2.05, 4.69) is 20.2 Å². The summed E-state index contributed by atoms with van der Waals surface area (Å²) in [5.41, 5.74) is 2.12. The summed E-state index contributed by atoms with van der Waals surface area (Å²) in [7, 11) is 0. The van der Waals surface area contributed by atoms with E-state index in [-0.39, 0.29) is 18.6 Å². The van der Waals surface area contributed by atoms with Crippen LogP contribution in [-0.4, -0.2) is 53.3 Å². The molecule has 2 atom stereocenters. The molecule has 1 aromatic heterocycles. The number of carbonyl (C=O) groups excluding carboxylic acids is 1. The zero-order chi connectivity index (χ0) is 19.5. The lowest BCUT2D eigenvalue weighted by molar-refractivity contribution is -0.117. The summed E-state index contributed by atoms with van der Waals surface area (Å²) in [5, 5.41) is 12.7. The molecule has 4 rings (SSSR count). The molecule has 2 N–H and O–H groups in total. The molecule has 0 spiro atoms. The van der Waals surface area contributed by atoms with Crippen molar-refractivity contribution in [3.63, 3.8) is 0 Å². The summed E-state index contributed by atoms with van der Waals surface area (Å²) in [6.45, 7) is 4.67. The van der Waals surface area contributed by atoms with Gasteiger partial charge in [-0.2, -0.15) is 0 Å². The molecule has 2 saturated heterocycles. The van der Waals surface area contributed by atoms with E-state index in [1.54, 1.807) is 0 Å². The van der Waals surface area contributed by atoms with E-state index in [1.165, 1.54) is 11.9 Å². The highest BCUT2D eigenvalue weighted by Crippen LogP contribution is 2.26. The first-order chi connectivity index (χ1) is 13.6. The SMILES string of the molecule is Cc1ccc(N2CCC(Nc3cc(N4CCCC(CO)C4)ncn3)C2=O)cc1. The predicted molar refractivity (Wildman–Crippen MR) is 110 cm³/mol. The number of piperidine rings is 1. The molecule has 0 radical (unpaired) electrons. The second-order valence-corrected chi connectivity index (χ2v) is 7.71. The van der Waals surface area contributed by atoms with Gasteiger partial charge in [-0.1, -0.05) is 17.7 Å². The summed E-state index contributed by atoms with van der Waals surface area (Å²) in [4.78, 5) is 25.6. The summed E-state index contributed by atoms with van der Waals surface area (Å²) in [6.07, 6.45) is 4.37. The smallest absolute Gasteiger partial charge is 0.249 e. The van der Waals surface area contributed by atoms with E-state index < -0.39 is 0 Å². The van der Waals surface area contributed by atoms with Crippen LogP contribution in [0.15, 0.2) is 36.7 Å². The van der Waals surface area contributed by atoms with Crippen molar-refractivity contribution >= 4 is 23.2 Å². The Hall–Kier alpha value is -2.67. The Labute approximate surface area is 165 Å². The van der Waals surface area contributed by atoms with E-state index in [4.69, 9.17) is 0 Å². The van der Waals surface area contributed by atoms with Crippen molar-refractivity contribution < 1.29 is 9.90 Å². The Morgan fingerprint density at radius 2 is 2.00 bits per heavy atom. The number of benzene rings is 1. The quantitative estimate of drug-likeness (QED) is 0.826. The van der Waals surface area contributed by atoms with Gasteiger partial charge in [-0.15, -0.1) is 0 Å². The van der Waals surface area contributed by atoms with Crippen molar-refractivity contribution in [3.05, 3.63) is 42.2 Å². The maximum absolute atomic E-state index is 12.8. The van der Waals surface area contributed by atoms with Gasteiger partial charge >= 0.3 is 0 Å². The lowest BCUT2D eigenvalue weighted by Crippen LogP contribution is -2.37. The molecule has 0 bridgehead atoms. The fraction of sp³-hybridized carbons (Fsp3) is 0.476. The molecule has 2 fully saturated rings. The van der Waals surface area contributed by atoms with Gasteiger partial charge in [0.05, 0.1) is 0 Å². The molecule has 2 unspecified atom stereocenters. The van der Waals surface area contributed by atoms with Crippen molar-refractivity contribution in [2.75, 3.05) is 41.4 Å². The molecule has 2 aliphatic rings. The largest absolute Gasteiger partial charge is 0.396 e. The molecule has 0 saturated carbocycles. The number of nitrogens with one attached hydrogen (secondary N) is 1. The summed E-state index contributed by atoms with van der Waals surface area (Å²) >= 11 is 0. The molecule has 1 aromatic carbocycles. The van der Waals surface area contributed by atoms with Gasteiger partial charge in [0, 0.05) is 38.0 Å². The average molecular weight is 381 g/mol. The van der Waals surface area contributed by atoms with Crippen LogP contribution in [0.2, 0.25) is 0 Å². The topological polar surface area (TPSA) is 81.6 Å². The van der Waals surface area contributed by atoms with Crippen LogP contribution >= 0.6 is 0 Å². The van der Waals surface area contributed by atoms with Crippen LogP contribution in [0.3, 0.4) is 0 Å². The van der Waals surface area contributed by atoms with Crippen molar-refractivity contribution in [2.24, 2.45) is 5.92 Å². The Morgan fingerprint density at radius 3 is 2.79 bits per heavy atom. The van der Waals surface area contributed by atoms with Crippen LogP contribution < -0.4 is 15.1 Å². The van der Waals surface area contributed by atoms with Gasteiger partial charge < -0.3 is 20.2 Å². The van der Waals surface area contributed by atoms with E-state index in [0.29, 0.717) is 18.3 Å². The number of carbonyl (C=O) groups is 1. The van der Waals surface area contributed by atoms with Gasteiger partial charge in [-0.25, -0.2) is 9.97 Å². The third kappa shape index (κ3) is 3.94. The van der Waals surface area contributed by atoms with Crippen molar-refractivity contribution in [1.82, 2.24) is 9.97 Å². The summed E-state index contributed by atoms with van der Waals surface area (Å²) in [6, 6.07) is 9.66. The summed E-state index contributed by atoms with van der Waals surface area (Å²) in [5.74, 6) is 1.87. The van der Waals surface area contributed by atoms with Crippen molar-refractivity contribution in [1.29, 1.82) is 0 Å². The first kappa shape index (κ1) is 18.7. The fourth-order valence-electron chi connectivity index (χ4n) is 3.99. The highest BCUT2D eigenvalue weighted by atomic mass is 16.3. The number of nitrogens with zero attached hydrogens (tertiary/aromatic N) is 4. The second kappa shape index (κ2) is 8.14. The Bertz CT molecular complexity index is 826. The zero-order valence-corrected chi connectivity index (χ0v) is 16.2. The lowest BCUT2D eigenvalue weighted by atomic mass is 9.99. The van der Waals surface area contributed by atoms with Crippen molar-refractivity contribution in [3.8, 4) is 0 Å². The minimum Gasteiger partial charge on any atom is -0.396 e. The molecular weight excluding hydrogens is 354 g/mol. The molecule has 148 valence electrons. The van der Waals surface area contributed by atoms with Crippen LogP contribution in [-0.2, 0) is 4.79 Å². The molecule has 3 heterocycles. The molecule has 28 heavy (non-hydrogen) atoms. The Morgan fingerprint density at radius 1 is 1.18 bits per heavy atom. The monoisotopic (exact) mass is 381 g/mol. The average Bonchev–Trinajstić information content (AvgIpc) is 3.09. The fourth-order valence-corrected chi connectivity index (χ4v) is 3.99. The van der Waals surface area contributed by atoms with Crippen LogP contribution in [0, 0.1) is 12.8 Å². The van der Waals surface area contributed by atoms with Gasteiger partial charge in [0.25, 0.3) is 0 Å². The zero-order valence-electron chi connectivity index (χ0n) is 16.2. The minimum atomic E-state index is -0.282. The summed E-state index contributed by atoms with van der Waals surface area (Å²) < 4.78 is 0. The molecule has 0 aliphatic carbocycles. The number of aryl methyl sites for hydroxylation is 1. The number of hydrogen-bond donors (Lipinski definition) is 2. The van der Waals surface area contributed by atoms with Crippen LogP contribution in [0.4, 0.5) is 17.3 Å².